The van der Waals surface area contributed by atoms with Crippen LogP contribution in [0.5, 0.6) is 0 Å². The highest BCUT2D eigenvalue weighted by molar-refractivity contribution is 5.92. The Bertz CT molecular complexity index is 546. The molecule has 7 heteroatoms. The van der Waals surface area contributed by atoms with E-state index in [1.165, 1.54) is 12.1 Å². The maximum absolute atomic E-state index is 11.5. The first kappa shape index (κ1) is 11.9. The van der Waals surface area contributed by atoms with Crippen molar-refractivity contribution in [2.45, 2.75) is 18.9 Å². The first-order valence-electron chi connectivity index (χ1n) is 5.36. The van der Waals surface area contributed by atoms with Gasteiger partial charge in [-0.1, -0.05) is 0 Å². The number of nitro groups is 1. The van der Waals surface area contributed by atoms with Crippen molar-refractivity contribution < 1.29 is 9.72 Å². The number of nitriles is 1. The van der Waals surface area contributed by atoms with Gasteiger partial charge in [0, 0.05) is 12.1 Å². The highest BCUT2D eigenvalue weighted by Gasteiger charge is 2.24. The third-order valence-electron chi connectivity index (χ3n) is 2.48. The summed E-state index contributed by atoms with van der Waals surface area (Å²) in [5.41, 5.74) is -0.0352. The van der Waals surface area contributed by atoms with Crippen LogP contribution in [0.4, 0.5) is 16.2 Å². The maximum atomic E-state index is 11.5. The lowest BCUT2D eigenvalue weighted by atomic mass is 10.2. The van der Waals surface area contributed by atoms with E-state index in [0.29, 0.717) is 0 Å². The number of carbonyl (C=O) groups is 1. The second-order valence-electron chi connectivity index (χ2n) is 3.97. The van der Waals surface area contributed by atoms with Crippen LogP contribution in [0, 0.1) is 21.4 Å². The normalized spacial score (nSPS) is 13.5. The summed E-state index contributed by atoms with van der Waals surface area (Å²) in [6.45, 7) is 0. The van der Waals surface area contributed by atoms with E-state index in [9.17, 15) is 14.9 Å². The van der Waals surface area contributed by atoms with Crippen LogP contribution < -0.4 is 10.6 Å². The van der Waals surface area contributed by atoms with E-state index in [1.807, 2.05) is 6.07 Å². The van der Waals surface area contributed by atoms with Crippen LogP contribution in [0.1, 0.15) is 18.4 Å². The molecule has 0 radical (unpaired) electrons. The Morgan fingerprint density at radius 1 is 1.50 bits per heavy atom. The molecule has 0 saturated heterocycles. The summed E-state index contributed by atoms with van der Waals surface area (Å²) in [7, 11) is 0. The zero-order valence-electron chi connectivity index (χ0n) is 9.34. The Morgan fingerprint density at radius 3 is 2.78 bits per heavy atom. The van der Waals surface area contributed by atoms with Gasteiger partial charge in [-0.05, 0) is 25.0 Å². The molecule has 18 heavy (non-hydrogen) atoms. The molecule has 2 rings (SSSR count). The molecule has 1 aromatic rings. The summed E-state index contributed by atoms with van der Waals surface area (Å²) in [4.78, 5) is 21.7. The summed E-state index contributed by atoms with van der Waals surface area (Å²) >= 11 is 0. The van der Waals surface area contributed by atoms with Crippen molar-refractivity contribution in [1.29, 1.82) is 5.26 Å². The number of hydrogen-bond acceptors (Lipinski definition) is 4. The van der Waals surface area contributed by atoms with Crippen LogP contribution in [0.15, 0.2) is 18.2 Å². The second-order valence-corrected chi connectivity index (χ2v) is 3.97. The molecule has 2 amide bonds. The van der Waals surface area contributed by atoms with Gasteiger partial charge in [0.05, 0.1) is 16.6 Å². The zero-order chi connectivity index (χ0) is 13.1. The standard InChI is InChI=1S/C11H10N4O3/c12-6-7-1-4-9(10(5-7)15(17)18)14-11(16)13-8-2-3-8/h1,4-5,8H,2-3H2,(H2,13,14,16). The van der Waals surface area contributed by atoms with Crippen LogP contribution in [0.3, 0.4) is 0 Å². The summed E-state index contributed by atoms with van der Waals surface area (Å²) in [6, 6.07) is 5.41. The molecule has 0 spiro atoms. The van der Waals surface area contributed by atoms with E-state index < -0.39 is 11.0 Å². The SMILES string of the molecule is N#Cc1ccc(NC(=O)NC2CC2)c([N+](=O)[O-])c1. The van der Waals surface area contributed by atoms with E-state index in [4.69, 9.17) is 5.26 Å². The molecule has 1 aromatic carbocycles. The van der Waals surface area contributed by atoms with Crippen LogP contribution >= 0.6 is 0 Å². The van der Waals surface area contributed by atoms with Gasteiger partial charge in [-0.3, -0.25) is 10.1 Å². The summed E-state index contributed by atoms with van der Waals surface area (Å²) in [6.07, 6.45) is 1.87. The lowest BCUT2D eigenvalue weighted by molar-refractivity contribution is -0.383. The van der Waals surface area contributed by atoms with E-state index >= 15 is 0 Å². The lowest BCUT2D eigenvalue weighted by Crippen LogP contribution is -2.30. The number of nitro benzene ring substituents is 1. The van der Waals surface area contributed by atoms with Crippen molar-refractivity contribution >= 4 is 17.4 Å². The Hall–Kier alpha value is -2.62. The van der Waals surface area contributed by atoms with Gasteiger partial charge in [-0.15, -0.1) is 0 Å². The first-order chi connectivity index (χ1) is 8.60. The molecule has 92 valence electrons. The number of nitrogens with zero attached hydrogens (tertiary/aromatic N) is 2. The monoisotopic (exact) mass is 246 g/mol. The van der Waals surface area contributed by atoms with Gasteiger partial charge in [0.1, 0.15) is 5.69 Å². The molecule has 0 atom stereocenters. The van der Waals surface area contributed by atoms with E-state index in [1.54, 1.807) is 0 Å². The summed E-state index contributed by atoms with van der Waals surface area (Å²) in [5, 5.41) is 24.6. The molecule has 0 unspecified atom stereocenters. The Labute approximate surface area is 103 Å². The quantitative estimate of drug-likeness (QED) is 0.625. The van der Waals surface area contributed by atoms with Gasteiger partial charge >= 0.3 is 6.03 Å². The van der Waals surface area contributed by atoms with Gasteiger partial charge in [-0.2, -0.15) is 5.26 Å². The predicted octanol–water partition coefficient (Wildman–Crippen LogP) is 1.75. The molecule has 2 N–H and O–H groups in total. The predicted molar refractivity (Wildman–Crippen MR) is 63.0 cm³/mol. The minimum Gasteiger partial charge on any atom is -0.335 e. The van der Waals surface area contributed by atoms with Crippen LogP contribution in [-0.2, 0) is 0 Å². The number of amides is 2. The third-order valence-corrected chi connectivity index (χ3v) is 2.48. The molecule has 1 saturated carbocycles. The van der Waals surface area contributed by atoms with Crippen LogP contribution in [0.25, 0.3) is 0 Å². The highest BCUT2D eigenvalue weighted by Crippen LogP contribution is 2.25. The topological polar surface area (TPSA) is 108 Å². The average Bonchev–Trinajstić information content (AvgIpc) is 3.13. The minimum absolute atomic E-state index is 0.0807. The first-order valence-corrected chi connectivity index (χ1v) is 5.36. The average molecular weight is 246 g/mol. The minimum atomic E-state index is -0.631. The van der Waals surface area contributed by atoms with Crippen molar-refractivity contribution in [3.63, 3.8) is 0 Å². The van der Waals surface area contributed by atoms with Crippen molar-refractivity contribution in [2.75, 3.05) is 5.32 Å². The highest BCUT2D eigenvalue weighted by atomic mass is 16.6. The number of nitrogens with one attached hydrogen (secondary N) is 2. The van der Waals surface area contributed by atoms with Gasteiger partial charge < -0.3 is 10.6 Å². The van der Waals surface area contributed by atoms with Crippen molar-refractivity contribution in [2.24, 2.45) is 0 Å². The number of hydrogen-bond donors (Lipinski definition) is 2. The number of urea groups is 1. The zero-order valence-corrected chi connectivity index (χ0v) is 9.34. The van der Waals surface area contributed by atoms with E-state index in [0.717, 1.165) is 18.9 Å². The number of benzene rings is 1. The van der Waals surface area contributed by atoms with E-state index in [2.05, 4.69) is 10.6 Å². The summed E-state index contributed by atoms with van der Waals surface area (Å²) < 4.78 is 0. The number of carbonyl (C=O) groups excluding carboxylic acids is 1. The van der Waals surface area contributed by atoms with Gasteiger partial charge in [-0.25, -0.2) is 4.79 Å². The fraction of sp³-hybridized carbons (Fsp3) is 0.273. The molecule has 0 heterocycles. The third kappa shape index (κ3) is 2.74. The number of rotatable bonds is 3. The molecule has 0 bridgehead atoms. The van der Waals surface area contributed by atoms with Crippen LogP contribution in [0.2, 0.25) is 0 Å². The number of anilines is 1. The van der Waals surface area contributed by atoms with Gasteiger partial charge in [0.15, 0.2) is 0 Å². The molecular formula is C11H10N4O3. The molecular weight excluding hydrogens is 236 g/mol. The van der Waals surface area contributed by atoms with Gasteiger partial charge in [0.25, 0.3) is 5.69 Å². The smallest absolute Gasteiger partial charge is 0.319 e. The fourth-order valence-electron chi connectivity index (χ4n) is 1.43. The largest absolute Gasteiger partial charge is 0.335 e. The molecule has 0 aliphatic heterocycles. The van der Waals surface area contributed by atoms with Gasteiger partial charge in [0.2, 0.25) is 0 Å². The molecule has 1 fully saturated rings. The molecule has 0 aromatic heterocycles. The molecule has 7 nitrogen and oxygen atoms in total. The fourth-order valence-corrected chi connectivity index (χ4v) is 1.43. The second kappa shape index (κ2) is 4.71. The molecule has 1 aliphatic carbocycles. The van der Waals surface area contributed by atoms with E-state index in [-0.39, 0.29) is 23.0 Å². The Balaban J connectivity index is 2.18. The Kier molecular flexibility index (Phi) is 3.10. The lowest BCUT2D eigenvalue weighted by Gasteiger charge is -2.07. The molecule has 1 aliphatic rings. The van der Waals surface area contributed by atoms with Crippen molar-refractivity contribution in [3.8, 4) is 6.07 Å². The van der Waals surface area contributed by atoms with Crippen LogP contribution in [-0.4, -0.2) is 17.0 Å². The summed E-state index contributed by atoms with van der Waals surface area (Å²) in [5.74, 6) is 0. The Morgan fingerprint density at radius 2 is 2.22 bits per heavy atom. The van der Waals surface area contributed by atoms with Crippen molar-refractivity contribution in [3.05, 3.63) is 33.9 Å². The van der Waals surface area contributed by atoms with Crippen molar-refractivity contribution in [1.82, 2.24) is 5.32 Å². The maximum Gasteiger partial charge on any atom is 0.319 e.